The Balaban J connectivity index is 1.49. The molecule has 5 rings (SSSR count). The predicted octanol–water partition coefficient (Wildman–Crippen LogP) is 2.49. The standard InChI is InChI=1S/C22H23N3O4S/c26-22(24-19-13-30(27,28)14-20(19)25-9-3-4-10-25)16-12-18(21-8-5-11-29-21)23-17-7-2-1-6-15(16)17/h1-2,5-8,11-12,19-20H,3-4,9-10,13-14H2,(H,24,26). The van der Waals surface area contributed by atoms with Gasteiger partial charge < -0.3 is 9.73 Å². The van der Waals surface area contributed by atoms with Crippen molar-refractivity contribution in [1.29, 1.82) is 0 Å². The van der Waals surface area contributed by atoms with E-state index in [1.807, 2.05) is 24.3 Å². The lowest BCUT2D eigenvalue weighted by Crippen LogP contribution is -2.50. The number of pyridine rings is 1. The number of nitrogens with zero attached hydrogens (tertiary/aromatic N) is 2. The zero-order valence-electron chi connectivity index (χ0n) is 16.5. The van der Waals surface area contributed by atoms with Gasteiger partial charge in [0.2, 0.25) is 0 Å². The van der Waals surface area contributed by atoms with Gasteiger partial charge in [0.1, 0.15) is 5.69 Å². The lowest BCUT2D eigenvalue weighted by molar-refractivity contribution is 0.0920. The number of carbonyl (C=O) groups is 1. The van der Waals surface area contributed by atoms with Crippen LogP contribution in [0.5, 0.6) is 0 Å². The second kappa shape index (κ2) is 7.52. The number of carbonyl (C=O) groups excluding carboxylic acids is 1. The van der Waals surface area contributed by atoms with Gasteiger partial charge in [0, 0.05) is 11.4 Å². The number of likely N-dealkylation sites (tertiary alicyclic amines) is 1. The van der Waals surface area contributed by atoms with Crippen molar-refractivity contribution in [2.75, 3.05) is 24.6 Å². The quantitative estimate of drug-likeness (QED) is 0.690. The summed E-state index contributed by atoms with van der Waals surface area (Å²) in [7, 11) is -3.18. The van der Waals surface area contributed by atoms with E-state index in [2.05, 4.69) is 15.2 Å². The molecule has 156 valence electrons. The van der Waals surface area contributed by atoms with Gasteiger partial charge in [-0.15, -0.1) is 0 Å². The molecule has 8 heteroatoms. The van der Waals surface area contributed by atoms with Gasteiger partial charge in [-0.1, -0.05) is 18.2 Å². The number of sulfone groups is 1. The summed E-state index contributed by atoms with van der Waals surface area (Å²) >= 11 is 0. The Morgan fingerprint density at radius 2 is 1.90 bits per heavy atom. The van der Waals surface area contributed by atoms with E-state index in [9.17, 15) is 13.2 Å². The number of para-hydroxylation sites is 1. The van der Waals surface area contributed by atoms with E-state index in [1.54, 1.807) is 24.5 Å². The molecule has 2 saturated heterocycles. The number of fused-ring (bicyclic) bond motifs is 1. The number of nitrogens with one attached hydrogen (secondary N) is 1. The summed E-state index contributed by atoms with van der Waals surface area (Å²) in [4.78, 5) is 20.1. The summed E-state index contributed by atoms with van der Waals surface area (Å²) in [5, 5.41) is 3.75. The zero-order chi connectivity index (χ0) is 20.7. The van der Waals surface area contributed by atoms with Crippen molar-refractivity contribution in [3.63, 3.8) is 0 Å². The van der Waals surface area contributed by atoms with Gasteiger partial charge in [-0.3, -0.25) is 9.69 Å². The van der Waals surface area contributed by atoms with Crippen LogP contribution in [0.2, 0.25) is 0 Å². The fourth-order valence-electron chi connectivity index (χ4n) is 4.56. The van der Waals surface area contributed by atoms with Crippen LogP contribution in [0.15, 0.2) is 53.1 Å². The molecular formula is C22H23N3O4S. The number of furan rings is 1. The minimum Gasteiger partial charge on any atom is -0.463 e. The van der Waals surface area contributed by atoms with Crippen molar-refractivity contribution in [2.45, 2.75) is 24.9 Å². The summed E-state index contributed by atoms with van der Waals surface area (Å²) in [6, 6.07) is 12.1. The molecule has 4 heterocycles. The van der Waals surface area contributed by atoms with Gasteiger partial charge in [0.15, 0.2) is 15.6 Å². The van der Waals surface area contributed by atoms with Gasteiger partial charge in [0.25, 0.3) is 5.91 Å². The van der Waals surface area contributed by atoms with Crippen LogP contribution in [0, 0.1) is 0 Å². The molecule has 3 aromatic rings. The molecule has 1 N–H and O–H groups in total. The molecule has 0 saturated carbocycles. The summed E-state index contributed by atoms with van der Waals surface area (Å²) in [5.41, 5.74) is 1.72. The van der Waals surface area contributed by atoms with E-state index >= 15 is 0 Å². The molecule has 0 aliphatic carbocycles. The first-order valence-electron chi connectivity index (χ1n) is 10.2. The number of hydrogen-bond acceptors (Lipinski definition) is 6. The van der Waals surface area contributed by atoms with Crippen LogP contribution in [0.3, 0.4) is 0 Å². The average Bonchev–Trinajstić information content (AvgIpc) is 3.48. The van der Waals surface area contributed by atoms with Crippen LogP contribution < -0.4 is 5.32 Å². The number of aromatic nitrogens is 1. The number of rotatable bonds is 4. The Bertz CT molecular complexity index is 1180. The minimum atomic E-state index is -3.18. The third-order valence-corrected chi connectivity index (χ3v) is 7.70. The van der Waals surface area contributed by atoms with Crippen LogP contribution in [0.4, 0.5) is 0 Å². The topological polar surface area (TPSA) is 92.5 Å². The normalized spacial score (nSPS) is 23.7. The smallest absolute Gasteiger partial charge is 0.252 e. The Labute approximate surface area is 175 Å². The van der Waals surface area contributed by atoms with Gasteiger partial charge in [-0.05, 0) is 50.2 Å². The first-order valence-corrected chi connectivity index (χ1v) is 12.0. The summed E-state index contributed by atoms with van der Waals surface area (Å²) in [6.45, 7) is 1.76. The molecule has 0 spiro atoms. The van der Waals surface area contributed by atoms with Crippen LogP contribution in [-0.2, 0) is 9.84 Å². The summed E-state index contributed by atoms with van der Waals surface area (Å²) in [5.74, 6) is 0.376. The van der Waals surface area contributed by atoms with Crippen LogP contribution in [-0.4, -0.2) is 60.9 Å². The monoisotopic (exact) mass is 425 g/mol. The van der Waals surface area contributed by atoms with Crippen molar-refractivity contribution in [1.82, 2.24) is 15.2 Å². The summed E-state index contributed by atoms with van der Waals surface area (Å²) in [6.07, 6.45) is 3.70. The second-order valence-electron chi connectivity index (χ2n) is 8.02. The Morgan fingerprint density at radius 1 is 1.10 bits per heavy atom. The highest BCUT2D eigenvalue weighted by atomic mass is 32.2. The molecule has 0 radical (unpaired) electrons. The summed E-state index contributed by atoms with van der Waals surface area (Å²) < 4.78 is 30.2. The second-order valence-corrected chi connectivity index (χ2v) is 10.2. The fraction of sp³-hybridized carbons (Fsp3) is 0.364. The van der Waals surface area contributed by atoms with Gasteiger partial charge in [-0.2, -0.15) is 0 Å². The molecule has 7 nitrogen and oxygen atoms in total. The molecule has 1 amide bonds. The van der Waals surface area contributed by atoms with Crippen LogP contribution in [0.25, 0.3) is 22.4 Å². The van der Waals surface area contributed by atoms with Crippen molar-refractivity contribution >= 4 is 26.6 Å². The van der Waals surface area contributed by atoms with E-state index in [0.29, 0.717) is 22.5 Å². The van der Waals surface area contributed by atoms with E-state index in [1.165, 1.54) is 0 Å². The van der Waals surface area contributed by atoms with Gasteiger partial charge in [-0.25, -0.2) is 13.4 Å². The molecule has 0 bridgehead atoms. The Kier molecular flexibility index (Phi) is 4.83. The third kappa shape index (κ3) is 3.61. The van der Waals surface area contributed by atoms with Crippen LogP contribution >= 0.6 is 0 Å². The molecule has 2 atom stereocenters. The maximum absolute atomic E-state index is 13.3. The van der Waals surface area contributed by atoms with Gasteiger partial charge >= 0.3 is 0 Å². The van der Waals surface area contributed by atoms with Crippen molar-refractivity contribution in [3.05, 3.63) is 54.3 Å². The van der Waals surface area contributed by atoms with Crippen LogP contribution in [0.1, 0.15) is 23.2 Å². The first-order chi connectivity index (χ1) is 14.5. The highest BCUT2D eigenvalue weighted by molar-refractivity contribution is 7.91. The first kappa shape index (κ1) is 19.3. The maximum Gasteiger partial charge on any atom is 0.252 e. The SMILES string of the molecule is O=C(NC1CS(=O)(=O)CC1N1CCCC1)c1cc(-c2ccco2)nc2ccccc12. The molecule has 2 fully saturated rings. The molecule has 30 heavy (non-hydrogen) atoms. The van der Waals surface area contributed by atoms with Gasteiger partial charge in [0.05, 0.1) is 34.9 Å². The number of hydrogen-bond donors (Lipinski definition) is 1. The number of benzene rings is 1. The van der Waals surface area contributed by atoms with Crippen molar-refractivity contribution in [2.24, 2.45) is 0 Å². The fourth-order valence-corrected chi connectivity index (χ4v) is 6.51. The van der Waals surface area contributed by atoms with E-state index in [4.69, 9.17) is 4.42 Å². The third-order valence-electron chi connectivity index (χ3n) is 5.98. The molecule has 1 aromatic carbocycles. The highest BCUT2D eigenvalue weighted by Crippen LogP contribution is 2.27. The van der Waals surface area contributed by atoms with E-state index < -0.39 is 15.9 Å². The molecule has 2 unspecified atom stereocenters. The number of amides is 1. The maximum atomic E-state index is 13.3. The average molecular weight is 426 g/mol. The van der Waals surface area contributed by atoms with E-state index in [0.717, 1.165) is 31.3 Å². The van der Waals surface area contributed by atoms with Crippen molar-refractivity contribution < 1.29 is 17.6 Å². The lowest BCUT2D eigenvalue weighted by Gasteiger charge is -2.28. The Hall–Kier alpha value is -2.71. The highest BCUT2D eigenvalue weighted by Gasteiger charge is 2.42. The zero-order valence-corrected chi connectivity index (χ0v) is 17.3. The molecule has 2 aliphatic rings. The van der Waals surface area contributed by atoms with E-state index in [-0.39, 0.29) is 23.5 Å². The Morgan fingerprint density at radius 3 is 2.67 bits per heavy atom. The predicted molar refractivity (Wildman–Crippen MR) is 114 cm³/mol. The molecular weight excluding hydrogens is 402 g/mol. The lowest BCUT2D eigenvalue weighted by atomic mass is 10.0. The van der Waals surface area contributed by atoms with Crippen molar-refractivity contribution in [3.8, 4) is 11.5 Å². The molecule has 2 aliphatic heterocycles. The minimum absolute atomic E-state index is 0.0199. The largest absolute Gasteiger partial charge is 0.463 e. The molecule has 2 aromatic heterocycles.